The summed E-state index contributed by atoms with van der Waals surface area (Å²) in [7, 11) is 3.03. The Balaban J connectivity index is 1.43. The van der Waals surface area contributed by atoms with E-state index in [1.807, 2.05) is 18.0 Å². The molecule has 1 N–H and O–H groups in total. The fourth-order valence-electron chi connectivity index (χ4n) is 5.93. The summed E-state index contributed by atoms with van der Waals surface area (Å²) in [6.45, 7) is 6.32. The van der Waals surface area contributed by atoms with Crippen LogP contribution in [0.1, 0.15) is 68.0 Å². The van der Waals surface area contributed by atoms with Crippen LogP contribution in [-0.4, -0.2) is 78.9 Å². The number of hydrogen-bond acceptors (Lipinski definition) is 13. The van der Waals surface area contributed by atoms with E-state index in [9.17, 15) is 28.8 Å². The van der Waals surface area contributed by atoms with Gasteiger partial charge in [0.25, 0.3) is 11.5 Å². The summed E-state index contributed by atoms with van der Waals surface area (Å²) in [5, 5.41) is 21.4. The number of anilines is 1. The van der Waals surface area contributed by atoms with E-state index in [4.69, 9.17) is 4.74 Å². The molecule has 51 heavy (non-hydrogen) atoms. The molecule has 0 radical (unpaired) electrons. The van der Waals surface area contributed by atoms with Crippen LogP contribution in [-0.2, 0) is 54.9 Å². The van der Waals surface area contributed by atoms with Crippen LogP contribution in [0.2, 0.25) is 0 Å². The SMILES string of the molecule is COC(=O)Cn1nnnc1CC[C@H](N=C(OF)c1ccccc1N(C)C1CCc2cc3nc(C)n(COC(=O)C(C)(C)C)c(=O)c3cc21)C(=O)O. The summed E-state index contributed by atoms with van der Waals surface area (Å²) in [4.78, 5) is 64.8. The Morgan fingerprint density at radius 3 is 2.63 bits per heavy atom. The number of tetrazole rings is 1. The van der Waals surface area contributed by atoms with E-state index in [-0.39, 0.29) is 49.1 Å². The normalized spacial score (nSPS) is 15.0. The maximum atomic E-state index is 14.2. The molecule has 4 aromatic rings. The van der Waals surface area contributed by atoms with Gasteiger partial charge in [0.05, 0.1) is 35.0 Å². The first kappa shape index (κ1) is 36.5. The number of para-hydroxylation sites is 1. The van der Waals surface area contributed by atoms with Crippen LogP contribution in [0.3, 0.4) is 0 Å². The highest BCUT2D eigenvalue weighted by Gasteiger charge is 2.31. The van der Waals surface area contributed by atoms with Crippen molar-refractivity contribution in [3.05, 3.63) is 75.1 Å². The van der Waals surface area contributed by atoms with Crippen LogP contribution in [0.4, 0.5) is 10.2 Å². The average molecular weight is 707 g/mol. The van der Waals surface area contributed by atoms with Gasteiger partial charge in [0.2, 0.25) is 0 Å². The number of aromatic nitrogens is 6. The van der Waals surface area contributed by atoms with Crippen molar-refractivity contribution in [1.29, 1.82) is 0 Å². The summed E-state index contributed by atoms with van der Waals surface area (Å²) in [6.07, 6.45) is 1.22. The number of halogens is 1. The number of benzene rings is 2. The minimum absolute atomic E-state index is 0.00744. The number of carboxylic acids is 1. The van der Waals surface area contributed by atoms with Crippen LogP contribution >= 0.6 is 0 Å². The molecule has 1 aliphatic carbocycles. The molecule has 0 fully saturated rings. The third-order valence-electron chi connectivity index (χ3n) is 8.76. The molecule has 2 aromatic carbocycles. The molecule has 0 aliphatic heterocycles. The van der Waals surface area contributed by atoms with E-state index in [1.54, 1.807) is 58.0 Å². The monoisotopic (exact) mass is 706 g/mol. The van der Waals surface area contributed by atoms with Crippen LogP contribution < -0.4 is 10.5 Å². The highest BCUT2D eigenvalue weighted by atomic mass is 19.3. The molecule has 16 nitrogen and oxygen atoms in total. The molecular weight excluding hydrogens is 667 g/mol. The predicted octanol–water partition coefficient (Wildman–Crippen LogP) is 3.27. The zero-order valence-corrected chi connectivity index (χ0v) is 29.1. The Morgan fingerprint density at radius 1 is 1.20 bits per heavy atom. The topological polar surface area (TPSA) is 193 Å². The highest BCUT2D eigenvalue weighted by Crippen LogP contribution is 2.40. The van der Waals surface area contributed by atoms with Gasteiger partial charge in [0.1, 0.15) is 12.4 Å². The van der Waals surface area contributed by atoms with Crippen molar-refractivity contribution in [2.24, 2.45) is 10.4 Å². The molecule has 0 spiro atoms. The molecule has 0 saturated heterocycles. The Kier molecular flexibility index (Phi) is 10.8. The van der Waals surface area contributed by atoms with Gasteiger partial charge in [-0.25, -0.2) is 19.5 Å². The number of esters is 2. The van der Waals surface area contributed by atoms with Crippen LogP contribution in [0.25, 0.3) is 10.9 Å². The molecule has 17 heteroatoms. The number of carbonyl (C=O) groups excluding carboxylic acids is 2. The van der Waals surface area contributed by atoms with Gasteiger partial charge in [0.15, 0.2) is 18.6 Å². The predicted molar refractivity (Wildman–Crippen MR) is 181 cm³/mol. The van der Waals surface area contributed by atoms with Crippen molar-refractivity contribution in [2.75, 3.05) is 19.1 Å². The summed E-state index contributed by atoms with van der Waals surface area (Å²) in [5.41, 5.74) is 2.01. The van der Waals surface area contributed by atoms with E-state index < -0.39 is 35.3 Å². The zero-order chi connectivity index (χ0) is 37.0. The second-order valence-electron chi connectivity index (χ2n) is 13.2. The van der Waals surface area contributed by atoms with Crippen molar-refractivity contribution in [3.63, 3.8) is 0 Å². The van der Waals surface area contributed by atoms with Crippen LogP contribution in [0, 0.1) is 12.3 Å². The highest BCUT2D eigenvalue weighted by molar-refractivity contribution is 6.00. The molecule has 1 unspecified atom stereocenters. The number of aliphatic imine (C=N–C) groups is 1. The molecule has 0 saturated carbocycles. The van der Waals surface area contributed by atoms with E-state index in [2.05, 4.69) is 35.2 Å². The lowest BCUT2D eigenvalue weighted by Gasteiger charge is -2.29. The fraction of sp³-hybridized carbons (Fsp3) is 0.441. The molecule has 2 heterocycles. The van der Waals surface area contributed by atoms with Gasteiger partial charge in [-0.1, -0.05) is 12.1 Å². The van der Waals surface area contributed by atoms with Crippen LogP contribution in [0.15, 0.2) is 46.2 Å². The quantitative estimate of drug-likeness (QED) is 0.128. The van der Waals surface area contributed by atoms with Crippen molar-refractivity contribution in [1.82, 2.24) is 29.8 Å². The maximum Gasteiger partial charge on any atom is 0.328 e. The second kappa shape index (κ2) is 15.0. The molecule has 0 bridgehead atoms. The molecule has 0 amide bonds. The van der Waals surface area contributed by atoms with Crippen molar-refractivity contribution >= 4 is 40.4 Å². The molecule has 2 atom stereocenters. The number of fused-ring (bicyclic) bond motifs is 2. The number of aliphatic carboxylic acids is 1. The number of carboxylic acid groups (broad SMARTS) is 1. The van der Waals surface area contributed by atoms with E-state index in [0.29, 0.717) is 35.3 Å². The lowest BCUT2D eigenvalue weighted by atomic mass is 9.98. The first-order chi connectivity index (χ1) is 24.2. The summed E-state index contributed by atoms with van der Waals surface area (Å²) in [5.74, 6) is -2.28. The summed E-state index contributed by atoms with van der Waals surface area (Å²) >= 11 is 0. The summed E-state index contributed by atoms with van der Waals surface area (Å²) in [6, 6.07) is 8.69. The van der Waals surface area contributed by atoms with Gasteiger partial charge in [-0.05, 0) is 92.8 Å². The maximum absolute atomic E-state index is 14.2. The molecule has 1 aliphatic rings. The molecule has 5 rings (SSSR count). The van der Waals surface area contributed by atoms with Gasteiger partial charge in [-0.3, -0.25) is 23.9 Å². The first-order valence-electron chi connectivity index (χ1n) is 16.2. The molecule has 270 valence electrons. The Bertz CT molecular complexity index is 2050. The van der Waals surface area contributed by atoms with Crippen molar-refractivity contribution in [2.45, 2.75) is 78.7 Å². The third kappa shape index (κ3) is 7.86. The van der Waals surface area contributed by atoms with E-state index in [1.165, 1.54) is 16.4 Å². The lowest BCUT2D eigenvalue weighted by molar-refractivity contribution is -0.157. The van der Waals surface area contributed by atoms with Gasteiger partial charge < -0.3 is 19.5 Å². The third-order valence-corrected chi connectivity index (χ3v) is 8.76. The number of carbonyl (C=O) groups is 3. The Hall–Kier alpha value is -5.74. The zero-order valence-electron chi connectivity index (χ0n) is 29.1. The number of aryl methyl sites for hydroxylation is 3. The lowest BCUT2D eigenvalue weighted by Crippen LogP contribution is -2.30. The van der Waals surface area contributed by atoms with Gasteiger partial charge >= 0.3 is 17.9 Å². The molecular formula is C34H39FN8O8. The minimum atomic E-state index is -1.45. The average Bonchev–Trinajstić information content (AvgIpc) is 3.72. The number of nitrogens with zero attached hydrogens (tertiary/aromatic N) is 8. The largest absolute Gasteiger partial charge is 0.480 e. The Labute approximate surface area is 291 Å². The smallest absolute Gasteiger partial charge is 0.328 e. The van der Waals surface area contributed by atoms with Crippen molar-refractivity contribution in [3.8, 4) is 0 Å². The second-order valence-corrected chi connectivity index (χ2v) is 13.2. The van der Waals surface area contributed by atoms with E-state index >= 15 is 0 Å². The number of rotatable bonds is 12. The standard InChI is InChI=1S/C34H39FN8O8/c1-19-36-25-15-20-11-13-27(22(20)16-23(25)31(45)42(19)18-50-33(48)34(2,3)4)41(5)26-10-8-7-9-21(26)30(51-35)37-24(32(46)47)12-14-28-38-39-40-43(28)17-29(44)49-6/h7-10,15-16,24,27H,11-14,17-18H2,1-6H3,(H,46,47)/t24-,27?/m0/s1. The van der Waals surface area contributed by atoms with Gasteiger partial charge in [-0.2, -0.15) is 0 Å². The number of methoxy groups -OCH3 is 1. The van der Waals surface area contributed by atoms with Gasteiger partial charge in [-0.15, -0.1) is 5.10 Å². The fourth-order valence-corrected chi connectivity index (χ4v) is 5.93. The van der Waals surface area contributed by atoms with Gasteiger partial charge in [0, 0.05) is 23.7 Å². The number of hydrogen-bond donors (Lipinski definition) is 1. The van der Waals surface area contributed by atoms with Crippen LogP contribution in [0.5, 0.6) is 0 Å². The summed E-state index contributed by atoms with van der Waals surface area (Å²) < 4.78 is 26.8. The van der Waals surface area contributed by atoms with Crippen molar-refractivity contribution < 1.29 is 38.4 Å². The Morgan fingerprint density at radius 2 is 1.94 bits per heavy atom. The van der Waals surface area contributed by atoms with E-state index in [0.717, 1.165) is 11.1 Å². The first-order valence-corrected chi connectivity index (χ1v) is 16.2. The minimum Gasteiger partial charge on any atom is -0.480 e. The molecule has 2 aromatic heterocycles. The number of ether oxygens (including phenoxy) is 2.